The van der Waals surface area contributed by atoms with Crippen molar-refractivity contribution in [1.29, 1.82) is 0 Å². The zero-order valence-electron chi connectivity index (χ0n) is 9.03. The summed E-state index contributed by atoms with van der Waals surface area (Å²) in [6, 6.07) is 0. The van der Waals surface area contributed by atoms with E-state index in [1.54, 1.807) is 0 Å². The van der Waals surface area contributed by atoms with Crippen LogP contribution in [-0.2, 0) is 0 Å². The molecule has 74 valence electrons. The zero-order chi connectivity index (χ0) is 9.23. The van der Waals surface area contributed by atoms with E-state index in [0.717, 1.165) is 5.92 Å². The van der Waals surface area contributed by atoms with Crippen LogP contribution in [0.2, 0.25) is 0 Å². The molecule has 1 saturated heterocycles. The van der Waals surface area contributed by atoms with Gasteiger partial charge in [0.25, 0.3) is 0 Å². The van der Waals surface area contributed by atoms with Crippen molar-refractivity contribution in [2.45, 2.75) is 52.9 Å². The van der Waals surface area contributed by atoms with Gasteiger partial charge in [-0.05, 0) is 38.3 Å². The molecule has 0 aliphatic carbocycles. The second-order valence-corrected chi connectivity index (χ2v) is 3.35. The van der Waals surface area contributed by atoms with Gasteiger partial charge in [0.1, 0.15) is 0 Å². The maximum absolute atomic E-state index is 3.44. The fourth-order valence-electron chi connectivity index (χ4n) is 1.66. The largest absolute Gasteiger partial charge is 0.316 e. The summed E-state index contributed by atoms with van der Waals surface area (Å²) in [4.78, 5) is 0. The minimum Gasteiger partial charge on any atom is -0.316 e. The molecule has 0 spiro atoms. The van der Waals surface area contributed by atoms with Gasteiger partial charge in [-0.15, -0.1) is 0 Å². The van der Waals surface area contributed by atoms with Crippen LogP contribution in [0.4, 0.5) is 0 Å². The molecule has 1 aliphatic rings. The van der Waals surface area contributed by atoms with E-state index >= 15 is 0 Å². The summed E-state index contributed by atoms with van der Waals surface area (Å²) in [7, 11) is 0. The average Bonchev–Trinajstić information content (AvgIpc) is 2.19. The maximum atomic E-state index is 3.44. The summed E-state index contributed by atoms with van der Waals surface area (Å²) < 4.78 is 0. The molecular weight excluding hydrogens is 146 g/mol. The van der Waals surface area contributed by atoms with Crippen molar-refractivity contribution in [2.75, 3.05) is 13.1 Å². The quantitative estimate of drug-likeness (QED) is 0.687. The molecule has 0 aromatic heterocycles. The molecule has 1 rings (SSSR count). The van der Waals surface area contributed by atoms with E-state index in [1.807, 2.05) is 13.8 Å². The molecule has 1 N–H and O–H groups in total. The molecule has 0 radical (unpaired) electrons. The monoisotopic (exact) mass is 171 g/mol. The molecule has 1 aliphatic heterocycles. The van der Waals surface area contributed by atoms with E-state index in [4.69, 9.17) is 0 Å². The third-order valence-corrected chi connectivity index (χ3v) is 2.36. The van der Waals surface area contributed by atoms with Crippen LogP contribution in [0.3, 0.4) is 0 Å². The Balaban J connectivity index is 0.000000561. The van der Waals surface area contributed by atoms with Crippen LogP contribution in [0.5, 0.6) is 0 Å². The Kier molecular flexibility index (Phi) is 9.02. The van der Waals surface area contributed by atoms with E-state index in [1.165, 1.54) is 45.2 Å². The summed E-state index contributed by atoms with van der Waals surface area (Å²) in [6.45, 7) is 8.80. The predicted octanol–water partition coefficient (Wildman–Crippen LogP) is 3.20. The van der Waals surface area contributed by atoms with Crippen molar-refractivity contribution in [3.05, 3.63) is 0 Å². The lowest BCUT2D eigenvalue weighted by molar-refractivity contribution is 0.350. The van der Waals surface area contributed by atoms with Gasteiger partial charge in [0.2, 0.25) is 0 Å². The molecule has 0 aromatic carbocycles. The first-order valence-corrected chi connectivity index (χ1v) is 5.64. The molecule has 1 nitrogen and oxygen atoms in total. The lowest BCUT2D eigenvalue weighted by Crippen LogP contribution is -2.29. The number of piperidine rings is 1. The molecule has 1 atom stereocenters. The SMILES string of the molecule is CC.CCCCC1CCCNC1. The summed E-state index contributed by atoms with van der Waals surface area (Å²) in [6.07, 6.45) is 7.09. The fourth-order valence-corrected chi connectivity index (χ4v) is 1.66. The van der Waals surface area contributed by atoms with Crippen LogP contribution in [0, 0.1) is 5.92 Å². The van der Waals surface area contributed by atoms with Gasteiger partial charge in [-0.2, -0.15) is 0 Å². The van der Waals surface area contributed by atoms with E-state index in [0.29, 0.717) is 0 Å². The van der Waals surface area contributed by atoms with E-state index in [2.05, 4.69) is 12.2 Å². The van der Waals surface area contributed by atoms with Crippen molar-refractivity contribution >= 4 is 0 Å². The highest BCUT2D eigenvalue weighted by molar-refractivity contribution is 4.68. The highest BCUT2D eigenvalue weighted by atomic mass is 14.9. The normalized spacial score (nSPS) is 22.8. The van der Waals surface area contributed by atoms with Crippen molar-refractivity contribution in [1.82, 2.24) is 5.32 Å². The first-order chi connectivity index (χ1) is 5.93. The van der Waals surface area contributed by atoms with Crippen molar-refractivity contribution in [2.24, 2.45) is 5.92 Å². The van der Waals surface area contributed by atoms with Crippen molar-refractivity contribution < 1.29 is 0 Å². The average molecular weight is 171 g/mol. The van der Waals surface area contributed by atoms with Crippen LogP contribution in [0.25, 0.3) is 0 Å². The molecule has 1 unspecified atom stereocenters. The predicted molar refractivity (Wildman–Crippen MR) is 56.5 cm³/mol. The van der Waals surface area contributed by atoms with Gasteiger partial charge in [0.05, 0.1) is 0 Å². The zero-order valence-corrected chi connectivity index (χ0v) is 9.03. The Bertz CT molecular complexity index is 75.1. The van der Waals surface area contributed by atoms with Gasteiger partial charge in [-0.1, -0.05) is 33.6 Å². The molecular formula is C11H25N. The number of rotatable bonds is 3. The molecule has 0 bridgehead atoms. The molecule has 12 heavy (non-hydrogen) atoms. The number of nitrogens with one attached hydrogen (secondary N) is 1. The lowest BCUT2D eigenvalue weighted by Gasteiger charge is -2.22. The smallest absolute Gasteiger partial charge is 0.00205 e. The Morgan fingerprint density at radius 2 is 2.08 bits per heavy atom. The van der Waals surface area contributed by atoms with Gasteiger partial charge in [0, 0.05) is 0 Å². The van der Waals surface area contributed by atoms with Gasteiger partial charge >= 0.3 is 0 Å². The van der Waals surface area contributed by atoms with Gasteiger partial charge in [0.15, 0.2) is 0 Å². The topological polar surface area (TPSA) is 12.0 Å². The molecule has 0 aromatic rings. The van der Waals surface area contributed by atoms with Crippen molar-refractivity contribution in [3.8, 4) is 0 Å². The summed E-state index contributed by atoms with van der Waals surface area (Å²) in [5.41, 5.74) is 0. The number of unbranched alkanes of at least 4 members (excludes halogenated alkanes) is 1. The number of hydrogen-bond donors (Lipinski definition) is 1. The molecule has 0 amide bonds. The minimum absolute atomic E-state index is 0.994. The first kappa shape index (κ1) is 12.0. The lowest BCUT2D eigenvalue weighted by atomic mass is 9.94. The summed E-state index contributed by atoms with van der Waals surface area (Å²) in [5.74, 6) is 0.994. The fraction of sp³-hybridized carbons (Fsp3) is 1.00. The molecule has 1 heterocycles. The van der Waals surface area contributed by atoms with E-state index in [-0.39, 0.29) is 0 Å². The Labute approximate surface area is 77.9 Å². The van der Waals surface area contributed by atoms with E-state index in [9.17, 15) is 0 Å². The van der Waals surface area contributed by atoms with Crippen LogP contribution in [-0.4, -0.2) is 13.1 Å². The Morgan fingerprint density at radius 1 is 1.33 bits per heavy atom. The van der Waals surface area contributed by atoms with E-state index < -0.39 is 0 Å². The standard InChI is InChI=1S/C9H19N.C2H6/c1-2-3-5-9-6-4-7-10-8-9;1-2/h9-10H,2-8H2,1H3;1-2H3. The maximum Gasteiger partial charge on any atom is -0.00205 e. The highest BCUT2D eigenvalue weighted by Crippen LogP contribution is 2.16. The summed E-state index contributed by atoms with van der Waals surface area (Å²) in [5, 5.41) is 3.44. The molecule has 1 fully saturated rings. The van der Waals surface area contributed by atoms with Crippen molar-refractivity contribution in [3.63, 3.8) is 0 Å². The third kappa shape index (κ3) is 5.59. The molecule has 1 heteroatoms. The number of hydrogen-bond acceptors (Lipinski definition) is 1. The highest BCUT2D eigenvalue weighted by Gasteiger charge is 2.10. The van der Waals surface area contributed by atoms with Crippen LogP contribution < -0.4 is 5.32 Å². The van der Waals surface area contributed by atoms with Gasteiger partial charge in [-0.25, -0.2) is 0 Å². The second kappa shape index (κ2) is 9.05. The second-order valence-electron chi connectivity index (χ2n) is 3.35. The van der Waals surface area contributed by atoms with Gasteiger partial charge < -0.3 is 5.32 Å². The Hall–Kier alpha value is -0.0400. The van der Waals surface area contributed by atoms with Crippen LogP contribution in [0.15, 0.2) is 0 Å². The molecule has 0 saturated carbocycles. The first-order valence-electron chi connectivity index (χ1n) is 5.64. The third-order valence-electron chi connectivity index (χ3n) is 2.36. The van der Waals surface area contributed by atoms with Gasteiger partial charge in [-0.3, -0.25) is 0 Å². The van der Waals surface area contributed by atoms with Crippen LogP contribution >= 0.6 is 0 Å². The minimum atomic E-state index is 0.994. The Morgan fingerprint density at radius 3 is 2.58 bits per heavy atom. The summed E-state index contributed by atoms with van der Waals surface area (Å²) >= 11 is 0. The van der Waals surface area contributed by atoms with Crippen LogP contribution in [0.1, 0.15) is 52.9 Å².